The zero-order valence-electron chi connectivity index (χ0n) is 16.6. The summed E-state index contributed by atoms with van der Waals surface area (Å²) in [5.41, 5.74) is 2.16. The second-order valence-corrected chi connectivity index (χ2v) is 7.69. The van der Waals surface area contributed by atoms with Crippen LogP contribution >= 0.6 is 35.3 Å². The third-order valence-electron chi connectivity index (χ3n) is 4.83. The topological polar surface area (TPSA) is 56.9 Å². The molecule has 0 amide bonds. The van der Waals surface area contributed by atoms with Crippen molar-refractivity contribution < 1.29 is 4.52 Å². The van der Waals surface area contributed by atoms with E-state index >= 15 is 0 Å². The number of aromatic nitrogens is 1. The normalized spacial score (nSPS) is 16.2. The maximum atomic E-state index is 5.31. The molecule has 0 radical (unpaired) electrons. The molecule has 1 aliphatic heterocycles. The minimum Gasteiger partial charge on any atom is -0.361 e. The molecule has 150 valence electrons. The number of rotatable bonds is 5. The smallest absolute Gasteiger partial charge is 0.194 e. The number of guanidine groups is 1. The number of nitrogens with zero attached hydrogens (tertiary/aromatic N) is 4. The molecular formula is C19H30IN5OS. The van der Waals surface area contributed by atoms with Gasteiger partial charge in [0.15, 0.2) is 5.96 Å². The van der Waals surface area contributed by atoms with Crippen molar-refractivity contribution in [2.24, 2.45) is 4.99 Å². The number of aryl methyl sites for hydroxylation is 2. The molecule has 3 rings (SSSR count). The number of nitrogens with one attached hydrogen (secondary N) is 1. The van der Waals surface area contributed by atoms with Gasteiger partial charge in [0.25, 0.3) is 0 Å². The monoisotopic (exact) mass is 503 g/mol. The molecule has 2 aromatic heterocycles. The van der Waals surface area contributed by atoms with Crippen LogP contribution in [0.3, 0.4) is 0 Å². The molecule has 6 nitrogen and oxygen atoms in total. The van der Waals surface area contributed by atoms with Gasteiger partial charge in [0.1, 0.15) is 5.76 Å². The number of piperazine rings is 1. The van der Waals surface area contributed by atoms with Crippen LogP contribution in [0.15, 0.2) is 27.0 Å². The van der Waals surface area contributed by atoms with E-state index in [0.29, 0.717) is 5.92 Å². The molecule has 1 atom stereocenters. The first-order chi connectivity index (χ1) is 12.6. The lowest BCUT2D eigenvalue weighted by Gasteiger charge is -2.37. The quantitative estimate of drug-likeness (QED) is 0.382. The van der Waals surface area contributed by atoms with E-state index in [9.17, 15) is 0 Å². The summed E-state index contributed by atoms with van der Waals surface area (Å²) < 4.78 is 5.31. The third kappa shape index (κ3) is 5.37. The Labute approximate surface area is 183 Å². The van der Waals surface area contributed by atoms with Gasteiger partial charge in [0.05, 0.1) is 10.7 Å². The first kappa shape index (κ1) is 22.0. The molecule has 0 aromatic carbocycles. The molecule has 0 spiro atoms. The molecule has 27 heavy (non-hydrogen) atoms. The van der Waals surface area contributed by atoms with Crippen LogP contribution in [0.4, 0.5) is 5.00 Å². The second kappa shape index (κ2) is 10.3. The maximum Gasteiger partial charge on any atom is 0.194 e. The van der Waals surface area contributed by atoms with Crippen LogP contribution in [0, 0.1) is 13.8 Å². The Morgan fingerprint density at radius 1 is 1.33 bits per heavy atom. The summed E-state index contributed by atoms with van der Waals surface area (Å²) in [6, 6.07) is 4.32. The van der Waals surface area contributed by atoms with Crippen molar-refractivity contribution in [1.82, 2.24) is 15.4 Å². The van der Waals surface area contributed by atoms with Crippen molar-refractivity contribution in [3.8, 4) is 0 Å². The van der Waals surface area contributed by atoms with Crippen LogP contribution in [-0.4, -0.2) is 55.3 Å². The van der Waals surface area contributed by atoms with Gasteiger partial charge in [-0.3, -0.25) is 4.99 Å². The molecule has 1 N–H and O–H groups in total. The molecule has 1 unspecified atom stereocenters. The first-order valence-corrected chi connectivity index (χ1v) is 10.2. The van der Waals surface area contributed by atoms with Gasteiger partial charge >= 0.3 is 0 Å². The summed E-state index contributed by atoms with van der Waals surface area (Å²) >= 11 is 1.81. The van der Waals surface area contributed by atoms with Gasteiger partial charge in [-0.2, -0.15) is 0 Å². The molecule has 0 saturated carbocycles. The highest BCUT2D eigenvalue weighted by Gasteiger charge is 2.21. The van der Waals surface area contributed by atoms with Gasteiger partial charge in [0.2, 0.25) is 0 Å². The number of anilines is 1. The van der Waals surface area contributed by atoms with Crippen LogP contribution in [0.25, 0.3) is 0 Å². The Bertz CT molecular complexity index is 703. The molecule has 8 heteroatoms. The number of aliphatic imine (C=N–C) groups is 1. The van der Waals surface area contributed by atoms with E-state index in [4.69, 9.17) is 9.52 Å². The minimum atomic E-state index is 0. The summed E-state index contributed by atoms with van der Waals surface area (Å²) in [4.78, 5) is 9.73. The largest absolute Gasteiger partial charge is 0.361 e. The third-order valence-corrected chi connectivity index (χ3v) is 5.76. The van der Waals surface area contributed by atoms with Crippen molar-refractivity contribution in [2.75, 3.05) is 44.2 Å². The van der Waals surface area contributed by atoms with E-state index in [0.717, 1.165) is 56.7 Å². The Morgan fingerprint density at radius 2 is 2.07 bits per heavy atom. The number of thiophene rings is 1. The number of halogens is 1. The van der Waals surface area contributed by atoms with E-state index in [1.807, 2.05) is 25.2 Å². The van der Waals surface area contributed by atoms with Crippen LogP contribution in [0.1, 0.15) is 36.8 Å². The predicted molar refractivity (Wildman–Crippen MR) is 124 cm³/mol. The maximum absolute atomic E-state index is 5.31. The lowest BCUT2D eigenvalue weighted by molar-refractivity contribution is 0.373. The van der Waals surface area contributed by atoms with Gasteiger partial charge < -0.3 is 19.6 Å². The molecule has 2 aromatic rings. The average molecular weight is 503 g/mol. The minimum absolute atomic E-state index is 0. The summed E-state index contributed by atoms with van der Waals surface area (Å²) in [5, 5.41) is 11.0. The second-order valence-electron chi connectivity index (χ2n) is 6.76. The van der Waals surface area contributed by atoms with Gasteiger partial charge in [0, 0.05) is 50.7 Å². The summed E-state index contributed by atoms with van der Waals surface area (Å²) in [7, 11) is 0. The van der Waals surface area contributed by atoms with E-state index < -0.39 is 0 Å². The fourth-order valence-corrected chi connectivity index (χ4v) is 4.31. The van der Waals surface area contributed by atoms with Crippen LogP contribution in [0.5, 0.6) is 0 Å². The van der Waals surface area contributed by atoms with Gasteiger partial charge in [-0.15, -0.1) is 35.3 Å². The number of hydrogen-bond donors (Lipinski definition) is 1. The van der Waals surface area contributed by atoms with E-state index in [1.54, 1.807) is 0 Å². The lowest BCUT2D eigenvalue weighted by atomic mass is 10.00. The fraction of sp³-hybridized carbons (Fsp3) is 0.579. The van der Waals surface area contributed by atoms with Crippen LogP contribution < -0.4 is 10.2 Å². The predicted octanol–water partition coefficient (Wildman–Crippen LogP) is 3.86. The Kier molecular flexibility index (Phi) is 8.40. The van der Waals surface area contributed by atoms with Crippen LogP contribution in [-0.2, 0) is 0 Å². The zero-order valence-corrected chi connectivity index (χ0v) is 19.7. The Balaban J connectivity index is 0.00000261. The van der Waals surface area contributed by atoms with Crippen molar-refractivity contribution >= 4 is 46.3 Å². The molecule has 0 bridgehead atoms. The zero-order chi connectivity index (χ0) is 18.5. The first-order valence-electron chi connectivity index (χ1n) is 9.34. The van der Waals surface area contributed by atoms with Gasteiger partial charge in [-0.05, 0) is 38.3 Å². The molecule has 0 aliphatic carbocycles. The lowest BCUT2D eigenvalue weighted by Crippen LogP contribution is -2.52. The standard InChI is InChI=1S/C19H29N5OS.HI/c1-5-20-19(21-13-14(2)18-15(3)22-25-16(18)4)24-10-8-23(9-11-24)17-7-6-12-26-17;/h6-7,12,14H,5,8-11,13H2,1-4H3,(H,20,21);1H. The number of hydrogen-bond acceptors (Lipinski definition) is 5. The van der Waals surface area contributed by atoms with Gasteiger partial charge in [-0.1, -0.05) is 12.1 Å². The highest BCUT2D eigenvalue weighted by Crippen LogP contribution is 2.24. The molecule has 1 aliphatic rings. The van der Waals surface area contributed by atoms with Crippen molar-refractivity contribution in [3.63, 3.8) is 0 Å². The Hall–Kier alpha value is -1.29. The average Bonchev–Trinajstić information content (AvgIpc) is 3.29. The van der Waals surface area contributed by atoms with Crippen LogP contribution in [0.2, 0.25) is 0 Å². The molecule has 1 saturated heterocycles. The van der Waals surface area contributed by atoms with Crippen molar-refractivity contribution in [2.45, 2.75) is 33.6 Å². The summed E-state index contributed by atoms with van der Waals surface area (Å²) in [5.74, 6) is 2.21. The van der Waals surface area contributed by atoms with Gasteiger partial charge in [-0.25, -0.2) is 0 Å². The SMILES string of the molecule is CCNC(=NCC(C)c1c(C)noc1C)N1CCN(c2cccs2)CC1.I. The Morgan fingerprint density at radius 3 is 2.63 bits per heavy atom. The highest BCUT2D eigenvalue weighted by molar-refractivity contribution is 14.0. The van der Waals surface area contributed by atoms with E-state index in [-0.39, 0.29) is 24.0 Å². The molecule has 1 fully saturated rings. The van der Waals surface area contributed by atoms with Crippen molar-refractivity contribution in [1.29, 1.82) is 0 Å². The van der Waals surface area contributed by atoms with Crippen molar-refractivity contribution in [3.05, 3.63) is 34.5 Å². The van der Waals surface area contributed by atoms with E-state index in [2.05, 4.69) is 51.6 Å². The molecule has 3 heterocycles. The summed E-state index contributed by atoms with van der Waals surface area (Å²) in [6.45, 7) is 13.9. The fourth-order valence-electron chi connectivity index (χ4n) is 3.52. The van der Waals surface area contributed by atoms with E-state index in [1.165, 1.54) is 10.6 Å². The summed E-state index contributed by atoms with van der Waals surface area (Å²) in [6.07, 6.45) is 0. The molecular weight excluding hydrogens is 473 g/mol. The highest BCUT2D eigenvalue weighted by atomic mass is 127.